The fraction of sp³-hybridized carbons (Fsp3) is 0.200. The Kier molecular flexibility index (Phi) is 4.65. The highest BCUT2D eigenvalue weighted by molar-refractivity contribution is 6.00. The van der Waals surface area contributed by atoms with E-state index < -0.39 is 0 Å². The fourth-order valence-corrected chi connectivity index (χ4v) is 2.92. The van der Waals surface area contributed by atoms with Crippen LogP contribution in [-0.2, 0) is 13.0 Å². The molecule has 4 rings (SSSR count). The summed E-state index contributed by atoms with van der Waals surface area (Å²) in [6, 6.07) is 10.8. The number of nitrogens with zero attached hydrogens (tertiary/aromatic N) is 4. The Bertz CT molecular complexity index is 1010. The van der Waals surface area contributed by atoms with Gasteiger partial charge >= 0.3 is 0 Å². The molecular weight excluding hydrogens is 344 g/mol. The third-order valence-electron chi connectivity index (χ3n) is 4.28. The van der Waals surface area contributed by atoms with Crippen molar-refractivity contribution in [1.29, 1.82) is 0 Å². The minimum absolute atomic E-state index is 0.0870. The Labute approximate surface area is 156 Å². The molecule has 0 amide bonds. The number of fused-ring (bicyclic) bond motifs is 5. The second kappa shape index (κ2) is 7.41. The van der Waals surface area contributed by atoms with Crippen molar-refractivity contribution in [1.82, 2.24) is 19.7 Å². The minimum Gasteiger partial charge on any atom is -0.497 e. The summed E-state index contributed by atoms with van der Waals surface area (Å²) in [7, 11) is 1.57. The van der Waals surface area contributed by atoms with Gasteiger partial charge in [-0.05, 0) is 36.4 Å². The summed E-state index contributed by atoms with van der Waals surface area (Å²) in [6.45, 7) is 0.958. The molecule has 0 saturated heterocycles. The van der Waals surface area contributed by atoms with Gasteiger partial charge in [0.2, 0.25) is 0 Å². The number of ketones is 1. The highest BCUT2D eigenvalue weighted by Crippen LogP contribution is 2.26. The second-order valence-electron chi connectivity index (χ2n) is 6.07. The lowest BCUT2D eigenvalue weighted by Crippen LogP contribution is -2.10. The molecule has 2 bridgehead atoms. The van der Waals surface area contributed by atoms with E-state index in [1.165, 1.54) is 0 Å². The number of methoxy groups -OCH3 is 1. The van der Waals surface area contributed by atoms with Crippen LogP contribution in [0.3, 0.4) is 0 Å². The van der Waals surface area contributed by atoms with Crippen molar-refractivity contribution < 1.29 is 14.3 Å². The zero-order chi connectivity index (χ0) is 18.6. The summed E-state index contributed by atoms with van der Waals surface area (Å²) >= 11 is 0. The maximum absolute atomic E-state index is 12.9. The molecule has 0 N–H and O–H groups in total. The van der Waals surface area contributed by atoms with Crippen LogP contribution in [0.15, 0.2) is 54.9 Å². The number of benzene rings is 1. The van der Waals surface area contributed by atoms with Gasteiger partial charge in [-0.1, -0.05) is 12.1 Å². The van der Waals surface area contributed by atoms with E-state index in [0.717, 1.165) is 0 Å². The van der Waals surface area contributed by atoms with Crippen molar-refractivity contribution in [3.05, 3.63) is 66.1 Å². The maximum atomic E-state index is 12.9. The molecule has 1 aliphatic rings. The molecule has 0 fully saturated rings. The van der Waals surface area contributed by atoms with Gasteiger partial charge in [-0.3, -0.25) is 4.79 Å². The molecule has 3 aromatic rings. The van der Waals surface area contributed by atoms with Crippen LogP contribution in [0.5, 0.6) is 11.5 Å². The maximum Gasteiger partial charge on any atom is 0.182 e. The molecular formula is C20H18N4O3. The summed E-state index contributed by atoms with van der Waals surface area (Å²) in [5.74, 6) is 1.71. The molecule has 0 unspecified atom stereocenters. The SMILES string of the molecule is COc1ccc2c(c1)C(=O)Cc1cccc(n1)-c1nncn1CC=CCO2. The van der Waals surface area contributed by atoms with Crippen molar-refractivity contribution in [3.8, 4) is 23.0 Å². The van der Waals surface area contributed by atoms with E-state index in [9.17, 15) is 4.79 Å². The van der Waals surface area contributed by atoms with E-state index in [2.05, 4.69) is 15.2 Å². The van der Waals surface area contributed by atoms with E-state index in [0.29, 0.717) is 47.4 Å². The monoisotopic (exact) mass is 362 g/mol. The molecule has 136 valence electrons. The summed E-state index contributed by atoms with van der Waals surface area (Å²) in [5.41, 5.74) is 1.83. The van der Waals surface area contributed by atoms with Gasteiger partial charge in [0.05, 0.1) is 19.1 Å². The Morgan fingerprint density at radius 2 is 2.11 bits per heavy atom. The average Bonchev–Trinajstić information content (AvgIpc) is 3.16. The van der Waals surface area contributed by atoms with Crippen LogP contribution < -0.4 is 9.47 Å². The van der Waals surface area contributed by atoms with Crippen molar-refractivity contribution in [2.24, 2.45) is 0 Å². The Balaban J connectivity index is 1.77. The molecule has 0 spiro atoms. The van der Waals surface area contributed by atoms with Gasteiger partial charge in [-0.15, -0.1) is 10.2 Å². The van der Waals surface area contributed by atoms with Gasteiger partial charge in [0.15, 0.2) is 11.6 Å². The minimum atomic E-state index is -0.0870. The second-order valence-corrected chi connectivity index (χ2v) is 6.07. The molecule has 3 heterocycles. The first-order chi connectivity index (χ1) is 13.2. The number of aromatic nitrogens is 4. The van der Waals surface area contributed by atoms with Gasteiger partial charge in [0.1, 0.15) is 30.1 Å². The van der Waals surface area contributed by atoms with Crippen LogP contribution in [0.4, 0.5) is 0 Å². The van der Waals surface area contributed by atoms with Gasteiger partial charge in [-0.25, -0.2) is 4.98 Å². The molecule has 27 heavy (non-hydrogen) atoms. The molecule has 0 saturated carbocycles. The number of carbonyl (C=O) groups is 1. The predicted molar refractivity (Wildman–Crippen MR) is 98.9 cm³/mol. The van der Waals surface area contributed by atoms with Crippen LogP contribution in [0.25, 0.3) is 11.5 Å². The quantitative estimate of drug-likeness (QED) is 0.619. The smallest absolute Gasteiger partial charge is 0.182 e. The lowest BCUT2D eigenvalue weighted by Gasteiger charge is -2.12. The van der Waals surface area contributed by atoms with Gasteiger partial charge in [-0.2, -0.15) is 0 Å². The predicted octanol–water partition coefficient (Wildman–Crippen LogP) is 2.72. The van der Waals surface area contributed by atoms with Crippen LogP contribution in [-0.4, -0.2) is 39.2 Å². The summed E-state index contributed by atoms with van der Waals surface area (Å²) in [5, 5.41) is 8.14. The third kappa shape index (κ3) is 3.57. The van der Waals surface area contributed by atoms with Crippen molar-refractivity contribution in [2.45, 2.75) is 13.0 Å². The summed E-state index contributed by atoms with van der Waals surface area (Å²) in [6.07, 6.45) is 5.68. The van der Waals surface area contributed by atoms with Crippen LogP contribution >= 0.6 is 0 Å². The molecule has 0 aliphatic carbocycles. The lowest BCUT2D eigenvalue weighted by molar-refractivity contribution is 0.0988. The fourth-order valence-electron chi connectivity index (χ4n) is 2.92. The molecule has 2 aromatic heterocycles. The van der Waals surface area contributed by atoms with Gasteiger partial charge in [0, 0.05) is 12.2 Å². The lowest BCUT2D eigenvalue weighted by atomic mass is 10.0. The van der Waals surface area contributed by atoms with E-state index in [-0.39, 0.29) is 12.2 Å². The number of ether oxygens (including phenoxy) is 2. The standard InChI is InChI=1S/C20H18N4O3/c1-26-15-7-8-19-16(12-15)18(25)11-14-5-4-6-17(22-14)20-23-21-13-24(20)9-2-3-10-27-19/h2-8,12-13H,9-11H2,1H3. The number of carbonyl (C=O) groups excluding carboxylic acids is 1. The highest BCUT2D eigenvalue weighted by Gasteiger charge is 2.17. The van der Waals surface area contributed by atoms with Crippen molar-refractivity contribution >= 4 is 5.78 Å². The molecule has 0 atom stereocenters. The van der Waals surface area contributed by atoms with Crippen molar-refractivity contribution in [2.75, 3.05) is 13.7 Å². The number of pyridine rings is 1. The van der Waals surface area contributed by atoms with Gasteiger partial charge in [0.25, 0.3) is 0 Å². The normalized spacial score (nSPS) is 13.9. The summed E-state index contributed by atoms with van der Waals surface area (Å²) in [4.78, 5) is 17.5. The Morgan fingerprint density at radius 1 is 1.19 bits per heavy atom. The zero-order valence-corrected chi connectivity index (χ0v) is 14.8. The number of hydrogen-bond acceptors (Lipinski definition) is 6. The molecule has 7 nitrogen and oxygen atoms in total. The number of Topliss-reactive ketones (excluding diaryl/α,β-unsaturated/α-hetero) is 1. The molecule has 0 radical (unpaired) electrons. The Hall–Kier alpha value is -3.48. The van der Waals surface area contributed by atoms with Crippen LogP contribution in [0, 0.1) is 0 Å². The number of hydrogen-bond donors (Lipinski definition) is 0. The average molecular weight is 362 g/mol. The molecule has 7 heteroatoms. The largest absolute Gasteiger partial charge is 0.497 e. The summed E-state index contributed by atoms with van der Waals surface area (Å²) < 4.78 is 13.0. The number of rotatable bonds is 1. The van der Waals surface area contributed by atoms with E-state index in [1.54, 1.807) is 31.6 Å². The molecule has 1 aliphatic heterocycles. The van der Waals surface area contributed by atoms with Gasteiger partial charge < -0.3 is 14.0 Å². The van der Waals surface area contributed by atoms with E-state index in [1.807, 2.05) is 34.9 Å². The zero-order valence-electron chi connectivity index (χ0n) is 14.8. The Morgan fingerprint density at radius 3 is 3.00 bits per heavy atom. The van der Waals surface area contributed by atoms with Crippen molar-refractivity contribution in [3.63, 3.8) is 0 Å². The number of allylic oxidation sites excluding steroid dienone is 1. The topological polar surface area (TPSA) is 79.1 Å². The van der Waals surface area contributed by atoms with Crippen LogP contribution in [0.2, 0.25) is 0 Å². The first-order valence-electron chi connectivity index (χ1n) is 8.58. The van der Waals surface area contributed by atoms with Crippen LogP contribution in [0.1, 0.15) is 16.1 Å². The van der Waals surface area contributed by atoms with E-state index >= 15 is 0 Å². The van der Waals surface area contributed by atoms with E-state index in [4.69, 9.17) is 9.47 Å². The highest BCUT2D eigenvalue weighted by atomic mass is 16.5. The third-order valence-corrected chi connectivity index (χ3v) is 4.28. The molecule has 1 aromatic carbocycles. The first-order valence-corrected chi connectivity index (χ1v) is 8.58. The first kappa shape index (κ1) is 17.0.